The monoisotopic (exact) mass is 440 g/mol. The van der Waals surface area contributed by atoms with Crippen molar-refractivity contribution in [3.63, 3.8) is 0 Å². The first-order valence-corrected chi connectivity index (χ1v) is 10.8. The third kappa shape index (κ3) is 4.49. The SMILES string of the molecule is CCN(CC)C(=O)Cc1c(-c2ccc(OCCF)cc2)nn2c(C)c(C(C)=O)c(C)nc12. The van der Waals surface area contributed by atoms with Crippen molar-refractivity contribution >= 4 is 17.3 Å². The van der Waals surface area contributed by atoms with Gasteiger partial charge in [0.2, 0.25) is 5.91 Å². The number of fused-ring (bicyclic) bond motifs is 1. The summed E-state index contributed by atoms with van der Waals surface area (Å²) in [6.07, 6.45) is 0.145. The van der Waals surface area contributed by atoms with Crippen LogP contribution in [0.15, 0.2) is 24.3 Å². The molecule has 0 radical (unpaired) electrons. The van der Waals surface area contributed by atoms with Crippen LogP contribution in [-0.2, 0) is 11.2 Å². The molecule has 2 heterocycles. The van der Waals surface area contributed by atoms with Crippen molar-refractivity contribution in [2.45, 2.75) is 41.0 Å². The van der Waals surface area contributed by atoms with E-state index in [2.05, 4.69) is 4.98 Å². The molecule has 3 rings (SSSR count). The first-order chi connectivity index (χ1) is 15.3. The van der Waals surface area contributed by atoms with Crippen LogP contribution in [0.2, 0.25) is 0 Å². The lowest BCUT2D eigenvalue weighted by atomic mass is 10.0. The number of aromatic nitrogens is 3. The number of halogens is 1. The zero-order valence-corrected chi connectivity index (χ0v) is 19.2. The Bertz CT molecular complexity index is 1130. The fourth-order valence-corrected chi connectivity index (χ4v) is 3.98. The quantitative estimate of drug-likeness (QED) is 0.471. The maximum Gasteiger partial charge on any atom is 0.227 e. The van der Waals surface area contributed by atoms with E-state index >= 15 is 0 Å². The molecule has 0 saturated heterocycles. The zero-order valence-electron chi connectivity index (χ0n) is 19.2. The maximum atomic E-state index is 13.0. The fourth-order valence-electron chi connectivity index (χ4n) is 3.98. The van der Waals surface area contributed by atoms with Crippen molar-refractivity contribution in [2.24, 2.45) is 0 Å². The number of benzene rings is 1. The highest BCUT2D eigenvalue weighted by Gasteiger charge is 2.24. The number of ketones is 1. The second-order valence-electron chi connectivity index (χ2n) is 7.58. The summed E-state index contributed by atoms with van der Waals surface area (Å²) in [7, 11) is 0. The number of likely N-dealkylation sites (N-methyl/N-ethyl adjacent to an activating group) is 1. The van der Waals surface area contributed by atoms with E-state index in [0.29, 0.717) is 52.7 Å². The van der Waals surface area contributed by atoms with Crippen molar-refractivity contribution in [1.29, 1.82) is 0 Å². The molecule has 0 aliphatic carbocycles. The van der Waals surface area contributed by atoms with E-state index in [4.69, 9.17) is 9.84 Å². The Morgan fingerprint density at radius 3 is 2.34 bits per heavy atom. The molecule has 1 aromatic carbocycles. The number of carbonyl (C=O) groups excluding carboxylic acids is 2. The van der Waals surface area contributed by atoms with Crippen LogP contribution in [0.25, 0.3) is 16.9 Å². The lowest BCUT2D eigenvalue weighted by Crippen LogP contribution is -2.31. The number of hydrogen-bond donors (Lipinski definition) is 0. The maximum absolute atomic E-state index is 13.0. The summed E-state index contributed by atoms with van der Waals surface area (Å²) < 4.78 is 19.4. The van der Waals surface area contributed by atoms with E-state index in [1.54, 1.807) is 28.5 Å². The van der Waals surface area contributed by atoms with Crippen LogP contribution < -0.4 is 4.74 Å². The number of aryl methyl sites for hydroxylation is 2. The van der Waals surface area contributed by atoms with Crippen molar-refractivity contribution < 1.29 is 18.7 Å². The van der Waals surface area contributed by atoms with Crippen LogP contribution >= 0.6 is 0 Å². The Balaban J connectivity index is 2.18. The van der Waals surface area contributed by atoms with Crippen molar-refractivity contribution in [3.8, 4) is 17.0 Å². The van der Waals surface area contributed by atoms with Gasteiger partial charge in [-0.05, 0) is 58.9 Å². The first-order valence-electron chi connectivity index (χ1n) is 10.8. The number of carbonyl (C=O) groups is 2. The smallest absolute Gasteiger partial charge is 0.227 e. The second-order valence-corrected chi connectivity index (χ2v) is 7.58. The summed E-state index contributed by atoms with van der Waals surface area (Å²) >= 11 is 0. The Hall–Kier alpha value is -3.29. The largest absolute Gasteiger partial charge is 0.491 e. The third-order valence-corrected chi connectivity index (χ3v) is 5.54. The highest BCUT2D eigenvalue weighted by atomic mass is 19.1. The molecule has 170 valence electrons. The van der Waals surface area contributed by atoms with Gasteiger partial charge in [0.1, 0.15) is 19.0 Å². The Kier molecular flexibility index (Phi) is 7.22. The Morgan fingerprint density at radius 2 is 1.78 bits per heavy atom. The van der Waals surface area contributed by atoms with Crippen LogP contribution in [-0.4, -0.2) is 57.6 Å². The lowest BCUT2D eigenvalue weighted by Gasteiger charge is -2.18. The molecule has 8 heteroatoms. The normalized spacial score (nSPS) is 11.1. The van der Waals surface area contributed by atoms with E-state index in [-0.39, 0.29) is 24.7 Å². The molecule has 32 heavy (non-hydrogen) atoms. The average molecular weight is 441 g/mol. The number of rotatable bonds is 9. The summed E-state index contributed by atoms with van der Waals surface area (Å²) in [4.78, 5) is 31.6. The van der Waals surface area contributed by atoms with Crippen LogP contribution in [0.4, 0.5) is 4.39 Å². The molecule has 0 saturated carbocycles. The minimum Gasteiger partial charge on any atom is -0.491 e. The molecule has 0 atom stereocenters. The molecular formula is C24H29FN4O3. The number of hydrogen-bond acceptors (Lipinski definition) is 5. The minimum absolute atomic E-state index is 0.00640. The number of Topliss-reactive ketones (excluding diaryl/α,β-unsaturated/α-hetero) is 1. The van der Waals surface area contributed by atoms with Gasteiger partial charge in [-0.25, -0.2) is 13.9 Å². The van der Waals surface area contributed by atoms with E-state index in [1.165, 1.54) is 6.92 Å². The molecule has 1 amide bonds. The van der Waals surface area contributed by atoms with Crippen molar-refractivity contribution in [3.05, 3.63) is 46.8 Å². The average Bonchev–Trinajstić information content (AvgIpc) is 3.11. The fraction of sp³-hybridized carbons (Fsp3) is 0.417. The molecular weight excluding hydrogens is 411 g/mol. The lowest BCUT2D eigenvalue weighted by molar-refractivity contribution is -0.130. The van der Waals surface area contributed by atoms with E-state index in [9.17, 15) is 14.0 Å². The molecule has 2 aromatic heterocycles. The molecule has 0 aliphatic heterocycles. The third-order valence-electron chi connectivity index (χ3n) is 5.54. The van der Waals surface area contributed by atoms with Crippen LogP contribution in [0, 0.1) is 13.8 Å². The van der Waals surface area contributed by atoms with Gasteiger partial charge in [0.05, 0.1) is 29.1 Å². The van der Waals surface area contributed by atoms with Crippen molar-refractivity contribution in [1.82, 2.24) is 19.5 Å². The molecule has 0 spiro atoms. The van der Waals surface area contributed by atoms with Gasteiger partial charge in [-0.1, -0.05) is 0 Å². The van der Waals surface area contributed by atoms with Gasteiger partial charge < -0.3 is 9.64 Å². The van der Waals surface area contributed by atoms with Crippen LogP contribution in [0.1, 0.15) is 48.1 Å². The van der Waals surface area contributed by atoms with Gasteiger partial charge in [-0.15, -0.1) is 0 Å². The molecule has 0 aliphatic rings. The molecule has 0 N–H and O–H groups in total. The predicted octanol–water partition coefficient (Wildman–Crippen LogP) is 3.97. The van der Waals surface area contributed by atoms with Crippen LogP contribution in [0.5, 0.6) is 5.75 Å². The Labute approximate surface area is 187 Å². The van der Waals surface area contributed by atoms with E-state index in [1.807, 2.05) is 32.9 Å². The van der Waals surface area contributed by atoms with Gasteiger partial charge in [0, 0.05) is 24.2 Å². The molecule has 0 bridgehead atoms. The number of nitrogens with zero attached hydrogens (tertiary/aromatic N) is 4. The number of alkyl halides is 1. The predicted molar refractivity (Wildman–Crippen MR) is 121 cm³/mol. The summed E-state index contributed by atoms with van der Waals surface area (Å²) in [6, 6.07) is 7.15. The highest BCUT2D eigenvalue weighted by molar-refractivity contribution is 5.96. The second kappa shape index (κ2) is 9.89. The van der Waals surface area contributed by atoms with Crippen molar-refractivity contribution in [2.75, 3.05) is 26.4 Å². The van der Waals surface area contributed by atoms with E-state index in [0.717, 1.165) is 5.56 Å². The molecule has 0 unspecified atom stereocenters. The summed E-state index contributed by atoms with van der Waals surface area (Å²) in [5.41, 5.74) is 4.51. The van der Waals surface area contributed by atoms with Gasteiger partial charge in [-0.2, -0.15) is 5.10 Å². The molecule has 0 fully saturated rings. The summed E-state index contributed by atoms with van der Waals surface area (Å²) in [5.74, 6) is 0.461. The van der Waals surface area contributed by atoms with Crippen LogP contribution in [0.3, 0.4) is 0 Å². The standard InChI is InChI=1S/C24H29FN4O3/c1-6-28(7-2)21(31)14-20-23(18-8-10-19(11-9-18)32-13-12-25)27-29-16(4)22(17(5)30)15(3)26-24(20)29/h8-11H,6-7,12-14H2,1-5H3. The van der Waals surface area contributed by atoms with Gasteiger partial charge in [-0.3, -0.25) is 9.59 Å². The van der Waals surface area contributed by atoms with Gasteiger partial charge in [0.25, 0.3) is 0 Å². The number of amides is 1. The zero-order chi connectivity index (χ0) is 23.4. The highest BCUT2D eigenvalue weighted by Crippen LogP contribution is 2.30. The minimum atomic E-state index is -0.561. The van der Waals surface area contributed by atoms with Gasteiger partial charge in [0.15, 0.2) is 11.4 Å². The van der Waals surface area contributed by atoms with E-state index < -0.39 is 6.67 Å². The first kappa shape index (κ1) is 23.4. The summed E-state index contributed by atoms with van der Waals surface area (Å²) in [6.45, 7) is 9.69. The Morgan fingerprint density at radius 1 is 1.12 bits per heavy atom. The topological polar surface area (TPSA) is 76.8 Å². The number of ether oxygens (including phenoxy) is 1. The summed E-state index contributed by atoms with van der Waals surface area (Å²) in [5, 5.41) is 4.75. The molecule has 7 nitrogen and oxygen atoms in total. The molecule has 3 aromatic rings. The van der Waals surface area contributed by atoms with Gasteiger partial charge >= 0.3 is 0 Å².